The summed E-state index contributed by atoms with van der Waals surface area (Å²) in [7, 11) is 0. The Hall–Kier alpha value is -0.830. The van der Waals surface area contributed by atoms with Crippen molar-refractivity contribution >= 4 is 0 Å². The molecule has 1 heterocycles. The van der Waals surface area contributed by atoms with Crippen molar-refractivity contribution in [3.05, 3.63) is 17.5 Å². The van der Waals surface area contributed by atoms with Crippen molar-refractivity contribution in [3.8, 4) is 0 Å². The molecule has 0 spiro atoms. The maximum absolute atomic E-state index is 4.53. The molecule has 1 aliphatic rings. The number of rotatable bonds is 7. The van der Waals surface area contributed by atoms with Gasteiger partial charge in [0.1, 0.15) is 0 Å². The van der Waals surface area contributed by atoms with E-state index in [9.17, 15) is 0 Å². The van der Waals surface area contributed by atoms with Crippen LogP contribution < -0.4 is 5.32 Å². The smallest absolute Gasteiger partial charge is 0.0596 e. The first kappa shape index (κ1) is 16.5. The Balaban J connectivity index is 1.65. The summed E-state index contributed by atoms with van der Waals surface area (Å²) in [4.78, 5) is 0. The van der Waals surface area contributed by atoms with Crippen LogP contribution in [0, 0.1) is 25.7 Å². The highest BCUT2D eigenvalue weighted by Gasteiger charge is 2.21. The molecule has 21 heavy (non-hydrogen) atoms. The van der Waals surface area contributed by atoms with Crippen LogP contribution in [0.5, 0.6) is 0 Å². The zero-order chi connectivity index (χ0) is 15.2. The van der Waals surface area contributed by atoms with E-state index < -0.39 is 0 Å². The lowest BCUT2D eigenvalue weighted by Gasteiger charge is -2.31. The van der Waals surface area contributed by atoms with Gasteiger partial charge in [-0.2, -0.15) is 5.10 Å². The Kier molecular flexibility index (Phi) is 6.28. The van der Waals surface area contributed by atoms with Crippen LogP contribution in [0.3, 0.4) is 0 Å². The van der Waals surface area contributed by atoms with Crippen LogP contribution in [0.1, 0.15) is 63.8 Å². The molecule has 0 amide bonds. The van der Waals surface area contributed by atoms with E-state index in [4.69, 9.17) is 0 Å². The fourth-order valence-electron chi connectivity index (χ4n) is 3.79. The predicted octanol–water partition coefficient (Wildman–Crippen LogP) is 4.08. The molecule has 120 valence electrons. The Labute approximate surface area is 130 Å². The van der Waals surface area contributed by atoms with Crippen LogP contribution >= 0.6 is 0 Å². The van der Waals surface area contributed by atoms with Crippen LogP contribution in [-0.4, -0.2) is 22.4 Å². The molecule has 2 atom stereocenters. The maximum atomic E-state index is 4.53. The lowest BCUT2D eigenvalue weighted by Crippen LogP contribution is -2.35. The Morgan fingerprint density at radius 1 is 1.33 bits per heavy atom. The van der Waals surface area contributed by atoms with Crippen molar-refractivity contribution in [1.29, 1.82) is 0 Å². The van der Waals surface area contributed by atoms with Crippen LogP contribution in [0.2, 0.25) is 0 Å². The zero-order valence-electron chi connectivity index (χ0n) is 14.4. The minimum atomic E-state index is 0.753. The summed E-state index contributed by atoms with van der Waals surface area (Å²) in [5, 5.41) is 8.31. The van der Waals surface area contributed by atoms with E-state index in [1.807, 2.05) is 0 Å². The minimum Gasteiger partial charge on any atom is -0.314 e. The molecule has 2 unspecified atom stereocenters. The van der Waals surface area contributed by atoms with Crippen molar-refractivity contribution in [3.63, 3.8) is 0 Å². The van der Waals surface area contributed by atoms with E-state index in [-0.39, 0.29) is 0 Å². The molecule has 1 aromatic heterocycles. The van der Waals surface area contributed by atoms with Gasteiger partial charge in [0.25, 0.3) is 0 Å². The quantitative estimate of drug-likeness (QED) is 0.767. The molecular weight excluding hydrogens is 258 g/mol. The first-order valence-electron chi connectivity index (χ1n) is 8.79. The van der Waals surface area contributed by atoms with Crippen LogP contribution in [0.15, 0.2) is 6.07 Å². The van der Waals surface area contributed by atoms with Gasteiger partial charge in [-0.3, -0.25) is 4.68 Å². The number of nitrogens with one attached hydrogen (secondary N) is 1. The van der Waals surface area contributed by atoms with Gasteiger partial charge < -0.3 is 5.32 Å². The molecule has 0 radical (unpaired) electrons. The molecule has 1 saturated carbocycles. The summed E-state index contributed by atoms with van der Waals surface area (Å²) >= 11 is 0. The molecule has 0 saturated heterocycles. The maximum Gasteiger partial charge on any atom is 0.0596 e. The van der Waals surface area contributed by atoms with E-state index in [1.54, 1.807) is 0 Å². The SMILES string of the molecule is Cc1cc(C)n(CCCNC2CCCC(CC(C)C)C2)n1. The average Bonchev–Trinajstić information content (AvgIpc) is 2.73. The Morgan fingerprint density at radius 2 is 2.14 bits per heavy atom. The highest BCUT2D eigenvalue weighted by atomic mass is 15.3. The molecule has 2 rings (SSSR count). The topological polar surface area (TPSA) is 29.9 Å². The molecule has 3 heteroatoms. The van der Waals surface area contributed by atoms with E-state index in [0.717, 1.165) is 36.7 Å². The van der Waals surface area contributed by atoms with Gasteiger partial charge in [0.2, 0.25) is 0 Å². The van der Waals surface area contributed by atoms with Crippen LogP contribution in [0.25, 0.3) is 0 Å². The van der Waals surface area contributed by atoms with Crippen molar-refractivity contribution in [2.75, 3.05) is 6.54 Å². The lowest BCUT2D eigenvalue weighted by molar-refractivity contribution is 0.252. The molecule has 0 bridgehead atoms. The largest absolute Gasteiger partial charge is 0.314 e. The summed E-state index contributed by atoms with van der Waals surface area (Å²) in [6.07, 6.45) is 8.19. The fraction of sp³-hybridized carbons (Fsp3) is 0.833. The van der Waals surface area contributed by atoms with Gasteiger partial charge in [-0.1, -0.05) is 26.7 Å². The predicted molar refractivity (Wildman–Crippen MR) is 89.5 cm³/mol. The third kappa shape index (κ3) is 5.46. The molecule has 0 aliphatic heterocycles. The van der Waals surface area contributed by atoms with E-state index in [0.29, 0.717) is 0 Å². The van der Waals surface area contributed by atoms with E-state index >= 15 is 0 Å². The fourth-order valence-corrected chi connectivity index (χ4v) is 3.79. The molecule has 0 aromatic carbocycles. The highest BCUT2D eigenvalue weighted by molar-refractivity contribution is 5.06. The number of hydrogen-bond acceptors (Lipinski definition) is 2. The molecule has 1 aliphatic carbocycles. The van der Waals surface area contributed by atoms with Crippen molar-refractivity contribution in [2.24, 2.45) is 11.8 Å². The summed E-state index contributed by atoms with van der Waals surface area (Å²) in [5.74, 6) is 1.80. The van der Waals surface area contributed by atoms with E-state index in [1.165, 1.54) is 44.2 Å². The molecule has 3 nitrogen and oxygen atoms in total. The van der Waals surface area contributed by atoms with Crippen molar-refractivity contribution < 1.29 is 0 Å². The number of nitrogens with zero attached hydrogens (tertiary/aromatic N) is 2. The lowest BCUT2D eigenvalue weighted by atomic mass is 9.81. The average molecular weight is 291 g/mol. The van der Waals surface area contributed by atoms with Crippen LogP contribution in [-0.2, 0) is 6.54 Å². The second-order valence-corrected chi connectivity index (χ2v) is 7.32. The van der Waals surface area contributed by atoms with Gasteiger partial charge in [0.15, 0.2) is 0 Å². The standard InChI is InChI=1S/C18H33N3/c1-14(2)11-17-7-5-8-18(13-17)19-9-6-10-21-16(4)12-15(3)20-21/h12,14,17-19H,5-11,13H2,1-4H3. The molecule has 1 N–H and O–H groups in total. The number of hydrogen-bond donors (Lipinski definition) is 1. The molecular formula is C18H33N3. The van der Waals surface area contributed by atoms with Gasteiger partial charge in [0, 0.05) is 18.3 Å². The van der Waals surface area contributed by atoms with Gasteiger partial charge in [-0.05, 0) is 64.0 Å². The van der Waals surface area contributed by atoms with Crippen molar-refractivity contribution in [1.82, 2.24) is 15.1 Å². The second-order valence-electron chi connectivity index (χ2n) is 7.32. The number of aryl methyl sites for hydroxylation is 3. The summed E-state index contributed by atoms with van der Waals surface area (Å²) in [5.41, 5.74) is 2.41. The van der Waals surface area contributed by atoms with Gasteiger partial charge in [-0.25, -0.2) is 0 Å². The van der Waals surface area contributed by atoms with Gasteiger partial charge in [-0.15, -0.1) is 0 Å². The Morgan fingerprint density at radius 3 is 2.81 bits per heavy atom. The molecule has 1 aromatic rings. The normalized spacial score (nSPS) is 22.9. The van der Waals surface area contributed by atoms with Gasteiger partial charge in [0.05, 0.1) is 5.69 Å². The van der Waals surface area contributed by atoms with Crippen molar-refractivity contribution in [2.45, 2.75) is 78.8 Å². The summed E-state index contributed by atoms with van der Waals surface area (Å²) in [6.45, 7) is 11.1. The van der Waals surface area contributed by atoms with Crippen LogP contribution in [0.4, 0.5) is 0 Å². The monoisotopic (exact) mass is 291 g/mol. The first-order chi connectivity index (χ1) is 10.0. The Bertz CT molecular complexity index is 422. The summed E-state index contributed by atoms with van der Waals surface area (Å²) in [6, 6.07) is 2.91. The summed E-state index contributed by atoms with van der Waals surface area (Å²) < 4.78 is 2.14. The minimum absolute atomic E-state index is 0.753. The van der Waals surface area contributed by atoms with E-state index in [2.05, 4.69) is 48.9 Å². The molecule has 1 fully saturated rings. The second kappa shape index (κ2) is 7.98. The zero-order valence-corrected chi connectivity index (χ0v) is 14.4. The third-order valence-corrected chi connectivity index (χ3v) is 4.67. The third-order valence-electron chi connectivity index (χ3n) is 4.67. The number of aromatic nitrogens is 2. The first-order valence-corrected chi connectivity index (χ1v) is 8.79. The highest BCUT2D eigenvalue weighted by Crippen LogP contribution is 2.29. The van der Waals surface area contributed by atoms with Gasteiger partial charge >= 0.3 is 0 Å².